The smallest absolute Gasteiger partial charge is 0.251 e. The van der Waals surface area contributed by atoms with E-state index in [-0.39, 0.29) is 22.6 Å². The number of nitrogens with zero attached hydrogens (tertiary/aromatic N) is 1. The molecule has 3 rings (SSSR count). The van der Waals surface area contributed by atoms with E-state index in [2.05, 4.69) is 15.6 Å². The van der Waals surface area contributed by atoms with Gasteiger partial charge < -0.3 is 10.6 Å². The minimum atomic E-state index is -3.47. The molecular formula is C26H28FN3O4S. The maximum Gasteiger partial charge on any atom is 0.251 e. The number of halogens is 1. The number of nitrogens with one attached hydrogen (secondary N) is 2. The van der Waals surface area contributed by atoms with Crippen LogP contribution in [0.4, 0.5) is 10.1 Å². The van der Waals surface area contributed by atoms with E-state index < -0.39 is 38.9 Å². The van der Waals surface area contributed by atoms with Gasteiger partial charge in [-0.2, -0.15) is 0 Å². The molecule has 3 aromatic rings. The third-order valence-corrected chi connectivity index (χ3v) is 7.21. The Hall–Kier alpha value is -3.59. The van der Waals surface area contributed by atoms with Gasteiger partial charge in [0.15, 0.2) is 9.84 Å². The van der Waals surface area contributed by atoms with Crippen LogP contribution in [0.3, 0.4) is 0 Å². The minimum absolute atomic E-state index is 0.00667. The standard InChI is InChI=1S/C26H28FN3O4S/c1-26(2,3)17-35(33,34)22-13-11-20(12-14-22)29-25(32)23(16-21-6-4-5-15-28-21)30-24(31)18-7-9-19(27)10-8-18/h4-15,23H,16-17H2,1-3H3,(H,29,32)(H,30,31)/t23-/m0/s1. The molecule has 0 aliphatic carbocycles. The van der Waals surface area contributed by atoms with Crippen LogP contribution in [0.5, 0.6) is 0 Å². The largest absolute Gasteiger partial charge is 0.340 e. The fourth-order valence-electron chi connectivity index (χ4n) is 3.41. The predicted octanol–water partition coefficient (Wildman–Crippen LogP) is 4.02. The molecule has 2 aromatic carbocycles. The van der Waals surface area contributed by atoms with Crippen LogP contribution in [0.1, 0.15) is 36.8 Å². The Morgan fingerprint density at radius 3 is 2.20 bits per heavy atom. The quantitative estimate of drug-likeness (QED) is 0.489. The van der Waals surface area contributed by atoms with Crippen molar-refractivity contribution in [3.63, 3.8) is 0 Å². The van der Waals surface area contributed by atoms with Crippen molar-refractivity contribution in [2.45, 2.75) is 38.1 Å². The summed E-state index contributed by atoms with van der Waals surface area (Å²) >= 11 is 0. The molecule has 0 spiro atoms. The highest BCUT2D eigenvalue weighted by molar-refractivity contribution is 7.91. The molecule has 0 aliphatic rings. The lowest BCUT2D eigenvalue weighted by molar-refractivity contribution is -0.118. The number of pyridine rings is 1. The molecule has 184 valence electrons. The van der Waals surface area contributed by atoms with E-state index >= 15 is 0 Å². The van der Waals surface area contributed by atoms with Crippen molar-refractivity contribution in [1.29, 1.82) is 0 Å². The van der Waals surface area contributed by atoms with Crippen molar-refractivity contribution in [2.24, 2.45) is 5.41 Å². The molecule has 1 atom stereocenters. The number of aromatic nitrogens is 1. The lowest BCUT2D eigenvalue weighted by atomic mass is 10.0. The Labute approximate surface area is 204 Å². The molecule has 1 heterocycles. The van der Waals surface area contributed by atoms with E-state index in [1.807, 2.05) is 20.8 Å². The topological polar surface area (TPSA) is 105 Å². The summed E-state index contributed by atoms with van der Waals surface area (Å²) in [6.45, 7) is 5.54. The highest BCUT2D eigenvalue weighted by Gasteiger charge is 2.25. The Morgan fingerprint density at radius 1 is 0.971 bits per heavy atom. The Kier molecular flexibility index (Phi) is 8.01. The highest BCUT2D eigenvalue weighted by Crippen LogP contribution is 2.23. The van der Waals surface area contributed by atoms with Crippen LogP contribution in [0.2, 0.25) is 0 Å². The molecule has 2 N–H and O–H groups in total. The van der Waals surface area contributed by atoms with Crippen LogP contribution in [-0.4, -0.2) is 37.0 Å². The summed E-state index contributed by atoms with van der Waals surface area (Å²) in [4.78, 5) is 30.1. The monoisotopic (exact) mass is 497 g/mol. The number of amides is 2. The first kappa shape index (κ1) is 26.0. The van der Waals surface area contributed by atoms with Gasteiger partial charge in [-0.3, -0.25) is 14.6 Å². The van der Waals surface area contributed by atoms with Crippen molar-refractivity contribution in [3.05, 3.63) is 90.0 Å². The molecule has 0 aliphatic heterocycles. The van der Waals surface area contributed by atoms with Gasteiger partial charge in [-0.05, 0) is 66.1 Å². The molecule has 0 fully saturated rings. The van der Waals surface area contributed by atoms with E-state index in [9.17, 15) is 22.4 Å². The summed E-state index contributed by atoms with van der Waals surface area (Å²) in [6, 6.07) is 15.2. The Morgan fingerprint density at radius 2 is 1.63 bits per heavy atom. The molecule has 0 unspecified atom stereocenters. The first-order chi connectivity index (χ1) is 16.4. The Balaban J connectivity index is 1.77. The molecule has 0 radical (unpaired) electrons. The van der Waals surface area contributed by atoms with Gasteiger partial charge in [0.05, 0.1) is 10.6 Å². The van der Waals surface area contributed by atoms with E-state index in [0.29, 0.717) is 11.4 Å². The second kappa shape index (κ2) is 10.8. The van der Waals surface area contributed by atoms with E-state index in [1.54, 1.807) is 24.4 Å². The third kappa shape index (κ3) is 7.71. The van der Waals surface area contributed by atoms with Gasteiger partial charge in [0.2, 0.25) is 5.91 Å². The number of hydrogen-bond donors (Lipinski definition) is 2. The van der Waals surface area contributed by atoms with Crippen LogP contribution < -0.4 is 10.6 Å². The van der Waals surface area contributed by atoms with E-state index in [1.165, 1.54) is 36.4 Å². The number of hydrogen-bond acceptors (Lipinski definition) is 5. The van der Waals surface area contributed by atoms with E-state index in [0.717, 1.165) is 12.1 Å². The molecule has 9 heteroatoms. The van der Waals surface area contributed by atoms with Crippen molar-refractivity contribution in [3.8, 4) is 0 Å². The van der Waals surface area contributed by atoms with Crippen LogP contribution >= 0.6 is 0 Å². The Bertz CT molecular complexity index is 1270. The second-order valence-electron chi connectivity index (χ2n) is 9.39. The summed E-state index contributed by atoms with van der Waals surface area (Å²) in [7, 11) is -3.47. The molecular weight excluding hydrogens is 469 g/mol. The number of sulfone groups is 1. The molecule has 2 amide bonds. The summed E-state index contributed by atoms with van der Waals surface area (Å²) in [5.74, 6) is -1.52. The van der Waals surface area contributed by atoms with Crippen LogP contribution in [0, 0.1) is 11.2 Å². The van der Waals surface area contributed by atoms with Crippen LogP contribution in [0.25, 0.3) is 0 Å². The molecule has 1 aromatic heterocycles. The van der Waals surface area contributed by atoms with Gasteiger partial charge in [-0.15, -0.1) is 0 Å². The first-order valence-corrected chi connectivity index (χ1v) is 12.7. The normalized spacial score (nSPS) is 12.6. The van der Waals surface area contributed by atoms with Crippen molar-refractivity contribution in [1.82, 2.24) is 10.3 Å². The fraction of sp³-hybridized carbons (Fsp3) is 0.269. The zero-order valence-electron chi connectivity index (χ0n) is 19.8. The van der Waals surface area contributed by atoms with Gasteiger partial charge in [0.25, 0.3) is 5.91 Å². The van der Waals surface area contributed by atoms with Crippen molar-refractivity contribution >= 4 is 27.3 Å². The van der Waals surface area contributed by atoms with E-state index in [4.69, 9.17) is 0 Å². The first-order valence-electron chi connectivity index (χ1n) is 11.0. The van der Waals surface area contributed by atoms with Gasteiger partial charge in [0, 0.05) is 29.6 Å². The number of benzene rings is 2. The summed E-state index contributed by atoms with van der Waals surface area (Å²) in [6.07, 6.45) is 1.71. The molecule has 7 nitrogen and oxygen atoms in total. The summed E-state index contributed by atoms with van der Waals surface area (Å²) in [5, 5.41) is 5.39. The SMILES string of the molecule is CC(C)(C)CS(=O)(=O)c1ccc(NC(=O)[C@H](Cc2ccccn2)NC(=O)c2ccc(F)cc2)cc1. The third-order valence-electron chi connectivity index (χ3n) is 4.97. The van der Waals surface area contributed by atoms with Crippen LogP contribution in [0.15, 0.2) is 77.8 Å². The molecule has 0 saturated carbocycles. The summed E-state index contributed by atoms with van der Waals surface area (Å²) in [5.41, 5.74) is 0.786. The number of carbonyl (C=O) groups is 2. The second-order valence-corrected chi connectivity index (χ2v) is 11.4. The van der Waals surface area contributed by atoms with Gasteiger partial charge >= 0.3 is 0 Å². The molecule has 0 saturated heterocycles. The highest BCUT2D eigenvalue weighted by atomic mass is 32.2. The maximum absolute atomic E-state index is 13.2. The lowest BCUT2D eigenvalue weighted by Gasteiger charge is -2.19. The zero-order chi connectivity index (χ0) is 25.6. The van der Waals surface area contributed by atoms with Crippen molar-refractivity contribution in [2.75, 3.05) is 11.1 Å². The fourth-order valence-corrected chi connectivity index (χ4v) is 5.27. The molecule has 0 bridgehead atoms. The van der Waals surface area contributed by atoms with Crippen LogP contribution in [-0.2, 0) is 21.1 Å². The number of rotatable bonds is 8. The minimum Gasteiger partial charge on any atom is -0.340 e. The number of anilines is 1. The average Bonchev–Trinajstić information content (AvgIpc) is 2.78. The van der Waals surface area contributed by atoms with Gasteiger partial charge in [0.1, 0.15) is 11.9 Å². The van der Waals surface area contributed by atoms with Crippen molar-refractivity contribution < 1.29 is 22.4 Å². The van der Waals surface area contributed by atoms with Gasteiger partial charge in [-0.25, -0.2) is 12.8 Å². The predicted molar refractivity (Wildman–Crippen MR) is 132 cm³/mol. The number of carbonyl (C=O) groups excluding carboxylic acids is 2. The van der Waals surface area contributed by atoms with Gasteiger partial charge in [-0.1, -0.05) is 26.8 Å². The summed E-state index contributed by atoms with van der Waals surface area (Å²) < 4.78 is 38.4. The average molecular weight is 498 g/mol. The lowest BCUT2D eigenvalue weighted by Crippen LogP contribution is -2.45. The molecule has 35 heavy (non-hydrogen) atoms. The maximum atomic E-state index is 13.2. The zero-order valence-corrected chi connectivity index (χ0v) is 20.6.